The Kier molecular flexibility index (Phi) is 16.0. The van der Waals surface area contributed by atoms with Gasteiger partial charge in [0.05, 0.1) is 13.1 Å². The molecule has 0 aromatic carbocycles. The van der Waals surface area contributed by atoms with Gasteiger partial charge in [-0.25, -0.2) is 0 Å². The number of hydrogen-bond donors (Lipinski definition) is 2. The molecule has 0 fully saturated rings. The molecule has 0 bridgehead atoms. The zero-order valence-corrected chi connectivity index (χ0v) is 33.6. The van der Waals surface area contributed by atoms with Crippen LogP contribution in [-0.2, 0) is 13.1 Å². The van der Waals surface area contributed by atoms with E-state index in [2.05, 4.69) is 37.5 Å². The minimum Gasteiger partial charge on any atom is -0.305 e. The SMILES string of the molecule is FC(F)(F)C(F)(F)C(F)(F)C(F)(F)C(F)(F)C(F)(F)C(F)(F)C(F)(F)C(F)(F)C(F)(F)Cn1c(S)c(S)n(CC(F)(F)C(F)(F)C(F)(F)C(F)(F)C(F)(F)C(F)(F)C(F)(F)C(F)(F)C(F)(F)C(F)(F)F)c1=S. The van der Waals surface area contributed by atoms with E-state index in [1.54, 1.807) is 0 Å². The van der Waals surface area contributed by atoms with Gasteiger partial charge < -0.3 is 9.13 Å². The molecule has 2 nitrogen and oxygen atoms in total. The molecule has 0 aliphatic heterocycles. The van der Waals surface area contributed by atoms with Crippen LogP contribution < -0.4 is 0 Å². The molecule has 0 aliphatic carbocycles. The van der Waals surface area contributed by atoms with Gasteiger partial charge in [-0.05, 0) is 12.2 Å². The van der Waals surface area contributed by atoms with Crippen LogP contribution in [0.5, 0.6) is 0 Å². The molecule has 1 heterocycles. The van der Waals surface area contributed by atoms with E-state index in [1.165, 1.54) is 0 Å². The maximum absolute atomic E-state index is 14.7. The Morgan fingerprint density at radius 1 is 0.236 bits per heavy atom. The molecule has 428 valence electrons. The fourth-order valence-electron chi connectivity index (χ4n) is 4.63. The van der Waals surface area contributed by atoms with Crippen molar-refractivity contribution in [3.8, 4) is 0 Å². The molecule has 0 atom stereocenters. The van der Waals surface area contributed by atoms with Crippen molar-refractivity contribution in [1.29, 1.82) is 0 Å². The first-order valence-corrected chi connectivity index (χ1v) is 16.9. The summed E-state index contributed by atoms with van der Waals surface area (Å²) in [7, 11) is 0. The molecular formula is C25H6F42N2S3. The van der Waals surface area contributed by atoms with Gasteiger partial charge in [0.25, 0.3) is 0 Å². The van der Waals surface area contributed by atoms with Crippen LogP contribution in [0, 0.1) is 4.77 Å². The van der Waals surface area contributed by atoms with Crippen molar-refractivity contribution in [1.82, 2.24) is 9.13 Å². The fraction of sp³-hybridized carbons (Fsp3) is 0.880. The zero-order chi connectivity index (χ0) is 59.3. The number of alkyl halides is 42. The first kappa shape index (κ1) is 67.2. The van der Waals surface area contributed by atoms with E-state index in [4.69, 9.17) is 0 Å². The summed E-state index contributed by atoms with van der Waals surface area (Å²) in [5.41, 5.74) is 0. The van der Waals surface area contributed by atoms with Crippen molar-refractivity contribution in [3.05, 3.63) is 4.77 Å². The smallest absolute Gasteiger partial charge is 0.305 e. The van der Waals surface area contributed by atoms with Crippen LogP contribution in [0.1, 0.15) is 0 Å². The summed E-state index contributed by atoms with van der Waals surface area (Å²) in [5, 5.41) is -4.86. The highest BCUT2D eigenvalue weighted by Gasteiger charge is 3.00. The van der Waals surface area contributed by atoms with Gasteiger partial charge in [0.2, 0.25) is 0 Å². The molecule has 0 saturated heterocycles. The number of thiol groups is 2. The van der Waals surface area contributed by atoms with Gasteiger partial charge in [0.15, 0.2) is 4.77 Å². The highest BCUT2D eigenvalue weighted by atomic mass is 32.1. The molecule has 0 unspecified atom stereocenters. The number of halogens is 42. The molecule has 0 radical (unpaired) electrons. The first-order chi connectivity index (χ1) is 30.4. The lowest BCUT2D eigenvalue weighted by molar-refractivity contribution is -0.474. The molecular weight excluding hydrogens is 1220 g/mol. The number of aromatic nitrogens is 2. The second-order valence-corrected chi connectivity index (χ2v) is 14.9. The van der Waals surface area contributed by atoms with Gasteiger partial charge in [-0.2, -0.15) is 184 Å². The molecule has 1 aromatic heterocycles. The Bertz CT molecular complexity index is 2070. The Hall–Kier alpha value is -2.81. The molecule has 0 spiro atoms. The van der Waals surface area contributed by atoms with E-state index in [-0.39, 0.29) is 0 Å². The maximum atomic E-state index is 14.7. The molecule has 0 aliphatic rings. The fourth-order valence-corrected chi connectivity index (χ4v) is 5.65. The van der Waals surface area contributed by atoms with Gasteiger partial charge in [-0.1, -0.05) is 0 Å². The van der Waals surface area contributed by atoms with Crippen LogP contribution in [0.25, 0.3) is 0 Å². The zero-order valence-electron chi connectivity index (χ0n) is 31.0. The Morgan fingerprint density at radius 3 is 0.500 bits per heavy atom. The molecule has 0 amide bonds. The van der Waals surface area contributed by atoms with Crippen molar-refractivity contribution >= 4 is 37.5 Å². The third-order valence-electron chi connectivity index (χ3n) is 9.04. The van der Waals surface area contributed by atoms with Crippen LogP contribution in [0.4, 0.5) is 184 Å². The second kappa shape index (κ2) is 17.1. The van der Waals surface area contributed by atoms with Gasteiger partial charge >= 0.3 is 119 Å². The van der Waals surface area contributed by atoms with Gasteiger partial charge in [0.1, 0.15) is 10.1 Å². The molecule has 1 aromatic rings. The van der Waals surface area contributed by atoms with Crippen LogP contribution in [0.3, 0.4) is 0 Å². The number of nitrogens with zero attached hydrogens (tertiary/aromatic N) is 2. The summed E-state index contributed by atoms with van der Waals surface area (Å²) < 4.78 is 570. The lowest BCUT2D eigenvalue weighted by Crippen LogP contribution is -2.77. The van der Waals surface area contributed by atoms with Gasteiger partial charge in [0, 0.05) is 0 Å². The number of rotatable bonds is 20. The lowest BCUT2D eigenvalue weighted by Gasteiger charge is -2.44. The molecule has 0 N–H and O–H groups in total. The lowest BCUT2D eigenvalue weighted by atomic mass is 9.86. The highest BCUT2D eigenvalue weighted by Crippen LogP contribution is 2.69. The van der Waals surface area contributed by atoms with Crippen LogP contribution >= 0.6 is 37.5 Å². The first-order valence-electron chi connectivity index (χ1n) is 15.6. The predicted molar refractivity (Wildman–Crippen MR) is 149 cm³/mol. The predicted octanol–water partition coefficient (Wildman–Crippen LogP) is 15.2. The minimum atomic E-state index is -9.74. The van der Waals surface area contributed by atoms with Crippen LogP contribution in [0.15, 0.2) is 10.1 Å². The second-order valence-electron chi connectivity index (χ2n) is 13.7. The summed E-state index contributed by atoms with van der Waals surface area (Å²) in [4.78, 5) is 0. The van der Waals surface area contributed by atoms with E-state index in [0.29, 0.717) is 0 Å². The Balaban J connectivity index is 4.00. The quantitative estimate of drug-likeness (QED) is 0.0752. The molecule has 47 heteroatoms. The van der Waals surface area contributed by atoms with Crippen molar-refractivity contribution in [2.24, 2.45) is 0 Å². The largest absolute Gasteiger partial charge is 0.460 e. The molecule has 0 saturated carbocycles. The monoisotopic (exact) mass is 1230 g/mol. The average molecular weight is 1230 g/mol. The van der Waals surface area contributed by atoms with Crippen molar-refractivity contribution in [3.63, 3.8) is 0 Å². The van der Waals surface area contributed by atoms with Crippen LogP contribution in [-0.4, -0.2) is 128 Å². The third kappa shape index (κ3) is 8.22. The van der Waals surface area contributed by atoms with E-state index in [1.807, 2.05) is 0 Å². The van der Waals surface area contributed by atoms with Crippen molar-refractivity contribution < 1.29 is 184 Å². The summed E-state index contributed by atoms with van der Waals surface area (Å²) in [6.45, 7) is -8.44. The summed E-state index contributed by atoms with van der Waals surface area (Å²) in [6, 6.07) is 0. The highest BCUT2D eigenvalue weighted by molar-refractivity contribution is 7.83. The maximum Gasteiger partial charge on any atom is 0.460 e. The Labute approximate surface area is 378 Å². The summed E-state index contributed by atoms with van der Waals surface area (Å²) in [6.07, 6.45) is -16.7. The van der Waals surface area contributed by atoms with Gasteiger partial charge in [-0.3, -0.25) is 0 Å². The standard InChI is InChI=1S/C25H6F42N2S3/c26-6(27,8(30,31)10(34,35)12(38,39)14(42,43)16(46,47)18(50,51)20(54,55)22(58,59)24(62,63)64)1-68-3(70)4(71)69(5(68)72)2-7(28,29)9(32,33)11(36,37)13(40,41)15(44,45)17(48,49)19(52,53)21(56,57)23(60,61)25(65,66)67/h70-71H,1-2H2. The van der Waals surface area contributed by atoms with E-state index < -0.39 is 156 Å². The summed E-state index contributed by atoms with van der Waals surface area (Å²) in [5.74, 6) is -166. The topological polar surface area (TPSA) is 9.86 Å². The van der Waals surface area contributed by atoms with E-state index >= 15 is 0 Å². The van der Waals surface area contributed by atoms with E-state index in [9.17, 15) is 184 Å². The van der Waals surface area contributed by atoms with Gasteiger partial charge in [-0.15, -0.1) is 25.3 Å². The van der Waals surface area contributed by atoms with E-state index in [0.717, 1.165) is 0 Å². The van der Waals surface area contributed by atoms with Crippen LogP contribution in [0.2, 0.25) is 0 Å². The molecule has 1 rings (SSSR count). The molecule has 72 heavy (non-hydrogen) atoms. The number of hydrogen-bond acceptors (Lipinski definition) is 3. The summed E-state index contributed by atoms with van der Waals surface area (Å²) >= 11 is 9.24. The number of imidazole rings is 1. The Morgan fingerprint density at radius 2 is 0.361 bits per heavy atom. The average Bonchev–Trinajstić information content (AvgIpc) is 3.33. The minimum absolute atomic E-state index is 1.67. The normalized spacial score (nSPS) is 16.8. The van der Waals surface area contributed by atoms with Crippen molar-refractivity contribution in [2.45, 2.75) is 142 Å². The van der Waals surface area contributed by atoms with Crippen molar-refractivity contribution in [2.75, 3.05) is 0 Å². The third-order valence-corrected chi connectivity index (χ3v) is 10.6.